The lowest BCUT2D eigenvalue weighted by molar-refractivity contribution is -0.111. The first kappa shape index (κ1) is 26.5. The fourth-order valence-corrected chi connectivity index (χ4v) is 3.87. The van der Waals surface area contributed by atoms with Crippen LogP contribution >= 0.6 is 0 Å². The number of unbranched alkanes of at least 4 members (excludes halogenated alkanes) is 11. The Morgan fingerprint density at radius 3 is 1.91 bits per heavy atom. The van der Waals surface area contributed by atoms with Gasteiger partial charge in [-0.1, -0.05) is 102 Å². The molecule has 0 atom stereocenters. The molecule has 2 aromatic carbocycles. The summed E-state index contributed by atoms with van der Waals surface area (Å²) in [5.41, 5.74) is 2.60. The van der Waals surface area contributed by atoms with E-state index in [1.165, 1.54) is 76.7 Å². The van der Waals surface area contributed by atoms with E-state index in [0.29, 0.717) is 0 Å². The maximum Gasteiger partial charge on any atom is 0.248 e. The summed E-state index contributed by atoms with van der Waals surface area (Å²) in [5, 5.41) is 15.8. The van der Waals surface area contributed by atoms with Crippen LogP contribution in [0.2, 0.25) is 0 Å². The van der Waals surface area contributed by atoms with Crippen LogP contribution in [-0.4, -0.2) is 17.6 Å². The molecule has 0 aliphatic rings. The van der Waals surface area contributed by atoms with Gasteiger partial charge in [0, 0.05) is 12.6 Å². The molecule has 4 nitrogen and oxygen atoms in total. The number of carbonyl (C=O) groups excluding carboxylic acids is 1. The van der Waals surface area contributed by atoms with Crippen molar-refractivity contribution in [2.75, 3.05) is 17.2 Å². The van der Waals surface area contributed by atoms with Crippen LogP contribution in [0.3, 0.4) is 0 Å². The highest BCUT2D eigenvalue weighted by atomic mass is 16.3. The molecule has 0 aliphatic carbocycles. The van der Waals surface area contributed by atoms with Crippen LogP contribution in [0.5, 0.6) is 5.75 Å². The van der Waals surface area contributed by atoms with Gasteiger partial charge < -0.3 is 15.7 Å². The van der Waals surface area contributed by atoms with Crippen LogP contribution < -0.4 is 10.6 Å². The highest BCUT2D eigenvalue weighted by Crippen LogP contribution is 2.21. The van der Waals surface area contributed by atoms with E-state index in [1.807, 2.05) is 24.3 Å². The number of aromatic hydroxyl groups is 1. The molecule has 1 amide bonds. The zero-order valence-corrected chi connectivity index (χ0v) is 20.3. The number of para-hydroxylation sites is 2. The Kier molecular flexibility index (Phi) is 13.5. The Hall–Kier alpha value is -2.75. The average Bonchev–Trinajstić information content (AvgIpc) is 2.82. The van der Waals surface area contributed by atoms with Gasteiger partial charge >= 0.3 is 0 Å². The molecule has 2 aromatic rings. The molecular weight excluding hydrogens is 408 g/mol. The number of phenolic OH excluding ortho intramolecular Hbond substituents is 1. The number of amides is 1. The Morgan fingerprint density at radius 2 is 1.30 bits per heavy atom. The largest absolute Gasteiger partial charge is 0.508 e. The minimum atomic E-state index is -0.178. The van der Waals surface area contributed by atoms with Crippen molar-refractivity contribution in [3.8, 4) is 5.75 Å². The van der Waals surface area contributed by atoms with Crippen LogP contribution in [0.25, 0.3) is 6.08 Å². The van der Waals surface area contributed by atoms with E-state index < -0.39 is 0 Å². The topological polar surface area (TPSA) is 61.4 Å². The fraction of sp³-hybridized carbons (Fsp3) is 0.483. The van der Waals surface area contributed by atoms with Crippen molar-refractivity contribution in [3.63, 3.8) is 0 Å². The molecule has 0 heterocycles. The van der Waals surface area contributed by atoms with E-state index in [0.717, 1.165) is 29.9 Å². The zero-order chi connectivity index (χ0) is 23.6. The molecular formula is C29H42N2O2. The van der Waals surface area contributed by atoms with Crippen molar-refractivity contribution in [1.29, 1.82) is 0 Å². The molecule has 0 bridgehead atoms. The van der Waals surface area contributed by atoms with Crippen molar-refractivity contribution in [1.82, 2.24) is 0 Å². The average molecular weight is 451 g/mol. The molecule has 0 fully saturated rings. The molecule has 0 saturated heterocycles. The van der Waals surface area contributed by atoms with Crippen molar-refractivity contribution < 1.29 is 9.90 Å². The van der Waals surface area contributed by atoms with E-state index in [4.69, 9.17) is 0 Å². The third-order valence-corrected chi connectivity index (χ3v) is 5.85. The third kappa shape index (κ3) is 12.2. The van der Waals surface area contributed by atoms with E-state index in [9.17, 15) is 9.90 Å². The molecule has 0 saturated carbocycles. The summed E-state index contributed by atoms with van der Waals surface area (Å²) in [6, 6.07) is 14.6. The minimum Gasteiger partial charge on any atom is -0.508 e. The van der Waals surface area contributed by atoms with E-state index in [-0.39, 0.29) is 11.7 Å². The van der Waals surface area contributed by atoms with Gasteiger partial charge in [-0.25, -0.2) is 0 Å². The molecule has 0 aliphatic heterocycles. The lowest BCUT2D eigenvalue weighted by atomic mass is 10.1. The maximum absolute atomic E-state index is 12.3. The number of carbonyl (C=O) groups is 1. The summed E-state index contributed by atoms with van der Waals surface area (Å²) in [6.45, 7) is 3.18. The molecule has 2 rings (SSSR count). The van der Waals surface area contributed by atoms with E-state index in [1.54, 1.807) is 30.3 Å². The predicted molar refractivity (Wildman–Crippen MR) is 142 cm³/mol. The first-order chi connectivity index (χ1) is 16.2. The number of anilines is 2. The lowest BCUT2D eigenvalue weighted by Crippen LogP contribution is -2.11. The van der Waals surface area contributed by atoms with Crippen molar-refractivity contribution in [2.45, 2.75) is 84.0 Å². The first-order valence-corrected chi connectivity index (χ1v) is 12.8. The van der Waals surface area contributed by atoms with Gasteiger partial charge in [0.15, 0.2) is 0 Å². The molecule has 0 unspecified atom stereocenters. The fourth-order valence-electron chi connectivity index (χ4n) is 3.87. The van der Waals surface area contributed by atoms with Gasteiger partial charge in [-0.2, -0.15) is 0 Å². The summed E-state index contributed by atoms with van der Waals surface area (Å²) in [6.07, 6.45) is 19.4. The smallest absolute Gasteiger partial charge is 0.248 e. The van der Waals surface area contributed by atoms with Gasteiger partial charge in [0.1, 0.15) is 5.75 Å². The monoisotopic (exact) mass is 450 g/mol. The summed E-state index contributed by atoms with van der Waals surface area (Å²) >= 11 is 0. The summed E-state index contributed by atoms with van der Waals surface area (Å²) in [7, 11) is 0. The van der Waals surface area contributed by atoms with Crippen LogP contribution in [0.4, 0.5) is 11.4 Å². The minimum absolute atomic E-state index is 0.178. The van der Waals surface area contributed by atoms with Crippen molar-refractivity contribution in [3.05, 3.63) is 60.2 Å². The number of benzene rings is 2. The standard InChI is InChI=1S/C29H42N2O2/c1-2-3-4-5-6-7-8-9-10-11-12-15-24-30-27-16-13-14-17-28(27)31-29(33)23-20-25-18-21-26(32)22-19-25/h13-14,16-23,30,32H,2-12,15,24H2,1H3,(H,31,33). The van der Waals surface area contributed by atoms with Crippen LogP contribution in [0, 0.1) is 0 Å². The molecule has 3 N–H and O–H groups in total. The molecule has 180 valence electrons. The summed E-state index contributed by atoms with van der Waals surface area (Å²) in [4.78, 5) is 12.3. The van der Waals surface area contributed by atoms with Gasteiger partial charge in [-0.05, 0) is 42.3 Å². The lowest BCUT2D eigenvalue weighted by Gasteiger charge is -2.12. The quantitative estimate of drug-likeness (QED) is 0.168. The number of hydrogen-bond donors (Lipinski definition) is 3. The highest BCUT2D eigenvalue weighted by molar-refractivity contribution is 6.03. The SMILES string of the molecule is CCCCCCCCCCCCCCNc1ccccc1NC(=O)C=Cc1ccc(O)cc1. The van der Waals surface area contributed by atoms with Crippen LogP contribution in [0.15, 0.2) is 54.6 Å². The molecule has 0 aromatic heterocycles. The molecule has 33 heavy (non-hydrogen) atoms. The van der Waals surface area contributed by atoms with Gasteiger partial charge in [-0.3, -0.25) is 4.79 Å². The summed E-state index contributed by atoms with van der Waals surface area (Å²) < 4.78 is 0. The number of rotatable bonds is 17. The normalized spacial score (nSPS) is 11.1. The predicted octanol–water partition coefficient (Wildman–Crippen LogP) is 8.16. The Morgan fingerprint density at radius 1 is 0.758 bits per heavy atom. The number of nitrogens with one attached hydrogen (secondary N) is 2. The second kappa shape index (κ2) is 16.8. The van der Waals surface area contributed by atoms with Crippen LogP contribution in [0.1, 0.15) is 89.5 Å². The highest BCUT2D eigenvalue weighted by Gasteiger charge is 2.04. The van der Waals surface area contributed by atoms with E-state index >= 15 is 0 Å². The van der Waals surface area contributed by atoms with Crippen molar-refractivity contribution in [2.24, 2.45) is 0 Å². The Bertz CT molecular complexity index is 815. The molecule has 4 heteroatoms. The second-order valence-electron chi connectivity index (χ2n) is 8.78. The molecule has 0 radical (unpaired) electrons. The zero-order valence-electron chi connectivity index (χ0n) is 20.3. The number of hydrogen-bond acceptors (Lipinski definition) is 3. The first-order valence-electron chi connectivity index (χ1n) is 12.8. The maximum atomic E-state index is 12.3. The van der Waals surface area contributed by atoms with Gasteiger partial charge in [0.25, 0.3) is 0 Å². The Labute approximate surface area is 200 Å². The van der Waals surface area contributed by atoms with Gasteiger partial charge in [0.2, 0.25) is 5.91 Å². The Balaban J connectivity index is 1.59. The van der Waals surface area contributed by atoms with Gasteiger partial charge in [-0.15, -0.1) is 0 Å². The van der Waals surface area contributed by atoms with Crippen molar-refractivity contribution >= 4 is 23.4 Å². The summed E-state index contributed by atoms with van der Waals surface area (Å²) in [5.74, 6) is 0.0347. The van der Waals surface area contributed by atoms with E-state index in [2.05, 4.69) is 17.6 Å². The molecule has 0 spiro atoms. The van der Waals surface area contributed by atoms with Gasteiger partial charge in [0.05, 0.1) is 11.4 Å². The second-order valence-corrected chi connectivity index (χ2v) is 8.78. The van der Waals surface area contributed by atoms with Crippen LogP contribution in [-0.2, 0) is 4.79 Å². The third-order valence-electron chi connectivity index (χ3n) is 5.85. The number of phenols is 1.